The highest BCUT2D eigenvalue weighted by atomic mass is 32.1. The average Bonchev–Trinajstić information content (AvgIpc) is 3.22. The van der Waals surface area contributed by atoms with Gasteiger partial charge in [0.1, 0.15) is 0 Å². The van der Waals surface area contributed by atoms with Crippen LogP contribution < -0.4 is 11.1 Å². The second-order valence-corrected chi connectivity index (χ2v) is 7.06. The van der Waals surface area contributed by atoms with Crippen LogP contribution in [0.3, 0.4) is 0 Å². The molecule has 0 bridgehead atoms. The zero-order valence-corrected chi connectivity index (χ0v) is 14.9. The van der Waals surface area contributed by atoms with Gasteiger partial charge < -0.3 is 5.73 Å². The first kappa shape index (κ1) is 19.3. The molecule has 3 rings (SSSR count). The Morgan fingerprint density at radius 2 is 2.00 bits per heavy atom. The number of carbonyl (C=O) groups is 2. The smallest absolute Gasteiger partial charge is 0.369 e. The van der Waals surface area contributed by atoms with Gasteiger partial charge >= 0.3 is 6.18 Å². The summed E-state index contributed by atoms with van der Waals surface area (Å²) in [5, 5.41) is 4.74. The van der Waals surface area contributed by atoms with Crippen LogP contribution in [-0.2, 0) is 11.0 Å². The second-order valence-electron chi connectivity index (χ2n) is 6.20. The zero-order chi connectivity index (χ0) is 19.6. The molecule has 1 fully saturated rings. The minimum Gasteiger partial charge on any atom is -0.369 e. The third-order valence-corrected chi connectivity index (χ3v) is 5.06. The van der Waals surface area contributed by atoms with E-state index in [4.69, 9.17) is 5.73 Å². The number of nitrogens with two attached hydrogens (primary N) is 1. The number of hydrogen-bond acceptors (Lipinski definition) is 5. The molecule has 6 nitrogen and oxygen atoms in total. The first-order chi connectivity index (χ1) is 12.7. The molecule has 144 valence electrons. The highest BCUT2D eigenvalue weighted by molar-refractivity contribution is 7.14. The summed E-state index contributed by atoms with van der Waals surface area (Å²) in [4.78, 5) is 29.7. The minimum absolute atomic E-state index is 0.0366. The zero-order valence-electron chi connectivity index (χ0n) is 14.1. The van der Waals surface area contributed by atoms with Crippen LogP contribution in [0, 0.1) is 0 Å². The highest BCUT2D eigenvalue weighted by Gasteiger charge is 2.31. The van der Waals surface area contributed by atoms with E-state index in [-0.39, 0.29) is 18.2 Å². The Kier molecular flexibility index (Phi) is 5.47. The maximum atomic E-state index is 12.6. The third-order valence-electron chi connectivity index (χ3n) is 4.28. The lowest BCUT2D eigenvalue weighted by Gasteiger charge is -2.21. The van der Waals surface area contributed by atoms with Crippen LogP contribution in [0.4, 0.5) is 18.3 Å². The van der Waals surface area contributed by atoms with Crippen molar-refractivity contribution in [2.75, 3.05) is 18.4 Å². The lowest BCUT2D eigenvalue weighted by molar-refractivity contribution is -0.137. The van der Waals surface area contributed by atoms with Gasteiger partial charge in [-0.05, 0) is 43.7 Å². The van der Waals surface area contributed by atoms with Gasteiger partial charge in [0.2, 0.25) is 5.91 Å². The van der Waals surface area contributed by atoms with Crippen LogP contribution in [0.5, 0.6) is 0 Å². The van der Waals surface area contributed by atoms with E-state index < -0.39 is 23.6 Å². The van der Waals surface area contributed by atoms with E-state index in [1.165, 1.54) is 11.3 Å². The van der Waals surface area contributed by atoms with Gasteiger partial charge in [-0.3, -0.25) is 19.8 Å². The second kappa shape index (κ2) is 7.65. The van der Waals surface area contributed by atoms with Gasteiger partial charge in [-0.2, -0.15) is 13.2 Å². The third kappa shape index (κ3) is 4.64. The molecule has 0 saturated carbocycles. The number of thiazole rings is 1. The Labute approximate surface area is 157 Å². The molecule has 1 saturated heterocycles. The van der Waals surface area contributed by atoms with Crippen molar-refractivity contribution in [3.8, 4) is 0 Å². The number of rotatable bonds is 5. The van der Waals surface area contributed by atoms with Crippen molar-refractivity contribution in [3.05, 3.63) is 46.5 Å². The number of amides is 2. The van der Waals surface area contributed by atoms with Crippen molar-refractivity contribution < 1.29 is 22.8 Å². The number of halogens is 3. The lowest BCUT2D eigenvalue weighted by atomic mass is 10.1. The highest BCUT2D eigenvalue weighted by Crippen LogP contribution is 2.33. The molecule has 3 N–H and O–H groups in total. The Morgan fingerprint density at radius 1 is 1.30 bits per heavy atom. The summed E-state index contributed by atoms with van der Waals surface area (Å²) < 4.78 is 37.8. The van der Waals surface area contributed by atoms with Gasteiger partial charge in [-0.15, -0.1) is 11.3 Å². The molecule has 10 heteroatoms. The summed E-state index contributed by atoms with van der Waals surface area (Å²) in [6, 6.07) is 3.94. The largest absolute Gasteiger partial charge is 0.416 e. The summed E-state index contributed by atoms with van der Waals surface area (Å²) in [6.07, 6.45) is -2.69. The van der Waals surface area contributed by atoms with Gasteiger partial charge in [0.05, 0.1) is 23.8 Å². The van der Waals surface area contributed by atoms with E-state index in [0.29, 0.717) is 5.13 Å². The molecular weight excluding hydrogens is 381 g/mol. The molecule has 2 amide bonds. The number of benzene rings is 1. The van der Waals surface area contributed by atoms with Crippen molar-refractivity contribution in [2.45, 2.75) is 25.1 Å². The standard InChI is InChI=1S/C17H17F3N4O2S/c18-17(19,20)11-5-3-10(4-6-11)15(26)23-16-22-12(9-27-16)13-2-1-7-24(13)8-14(21)25/h3-6,9,13H,1-2,7-8H2,(H2,21,25)(H,22,23,26)/t13-/m1/s1. The molecule has 27 heavy (non-hydrogen) atoms. The molecule has 0 spiro atoms. The molecule has 0 unspecified atom stereocenters. The van der Waals surface area contributed by atoms with E-state index in [1.54, 1.807) is 5.38 Å². The fraction of sp³-hybridized carbons (Fsp3) is 0.353. The predicted octanol–water partition coefficient (Wildman–Crippen LogP) is 3.04. The number of anilines is 1. The van der Waals surface area contributed by atoms with Crippen LogP contribution >= 0.6 is 11.3 Å². The molecule has 1 aromatic carbocycles. The van der Waals surface area contributed by atoms with Gasteiger partial charge in [0.15, 0.2) is 5.13 Å². The number of nitrogens with zero attached hydrogens (tertiary/aromatic N) is 2. The van der Waals surface area contributed by atoms with Crippen molar-refractivity contribution in [1.82, 2.24) is 9.88 Å². The summed E-state index contributed by atoms with van der Waals surface area (Å²) in [5.41, 5.74) is 5.29. The Balaban J connectivity index is 1.67. The molecule has 1 aromatic heterocycles. The number of alkyl halides is 3. The van der Waals surface area contributed by atoms with Gasteiger partial charge in [-0.25, -0.2) is 4.98 Å². The first-order valence-corrected chi connectivity index (χ1v) is 9.08. The topological polar surface area (TPSA) is 88.3 Å². The number of hydrogen-bond donors (Lipinski definition) is 2. The number of primary amides is 1. The van der Waals surface area contributed by atoms with E-state index >= 15 is 0 Å². The maximum absolute atomic E-state index is 12.6. The fourth-order valence-corrected chi connectivity index (χ4v) is 3.78. The molecule has 0 radical (unpaired) electrons. The number of nitrogens with one attached hydrogen (secondary N) is 1. The molecule has 1 aliphatic rings. The van der Waals surface area contributed by atoms with Crippen LogP contribution in [0.25, 0.3) is 0 Å². The summed E-state index contributed by atoms with van der Waals surface area (Å²) in [5.74, 6) is -0.946. The van der Waals surface area contributed by atoms with Crippen LogP contribution in [-0.4, -0.2) is 34.8 Å². The lowest BCUT2D eigenvalue weighted by Crippen LogP contribution is -2.33. The molecule has 2 heterocycles. The summed E-state index contributed by atoms with van der Waals surface area (Å²) in [7, 11) is 0. The van der Waals surface area contributed by atoms with Crippen molar-refractivity contribution in [2.24, 2.45) is 5.73 Å². The van der Waals surface area contributed by atoms with E-state index in [1.807, 2.05) is 4.90 Å². The fourth-order valence-electron chi connectivity index (χ4n) is 3.03. The normalized spacial score (nSPS) is 17.8. The number of aromatic nitrogens is 1. The van der Waals surface area contributed by atoms with E-state index in [9.17, 15) is 22.8 Å². The molecular formula is C17H17F3N4O2S. The maximum Gasteiger partial charge on any atom is 0.416 e. The van der Waals surface area contributed by atoms with Gasteiger partial charge in [0, 0.05) is 10.9 Å². The summed E-state index contributed by atoms with van der Waals surface area (Å²) >= 11 is 1.22. The van der Waals surface area contributed by atoms with Gasteiger partial charge in [0.25, 0.3) is 5.91 Å². The first-order valence-electron chi connectivity index (χ1n) is 8.20. The minimum atomic E-state index is -4.45. The van der Waals surface area contributed by atoms with Crippen LogP contribution in [0.2, 0.25) is 0 Å². The van der Waals surface area contributed by atoms with Crippen LogP contribution in [0.1, 0.15) is 40.5 Å². The van der Waals surface area contributed by atoms with Crippen molar-refractivity contribution >= 4 is 28.3 Å². The average molecular weight is 398 g/mol. The molecule has 1 atom stereocenters. The Bertz CT molecular complexity index is 835. The quantitative estimate of drug-likeness (QED) is 0.810. The SMILES string of the molecule is NC(=O)CN1CCC[C@@H]1c1csc(NC(=O)c2ccc(C(F)(F)F)cc2)n1. The molecule has 0 aliphatic carbocycles. The number of likely N-dealkylation sites (tertiary alicyclic amines) is 1. The number of carbonyl (C=O) groups excluding carboxylic acids is 2. The Hall–Kier alpha value is -2.46. The summed E-state index contributed by atoms with van der Waals surface area (Å²) in [6.45, 7) is 0.897. The monoisotopic (exact) mass is 398 g/mol. The van der Waals surface area contributed by atoms with Gasteiger partial charge in [-0.1, -0.05) is 0 Å². The Morgan fingerprint density at radius 3 is 2.63 bits per heavy atom. The predicted molar refractivity (Wildman–Crippen MR) is 94.3 cm³/mol. The molecule has 1 aliphatic heterocycles. The van der Waals surface area contributed by atoms with Crippen molar-refractivity contribution in [1.29, 1.82) is 0 Å². The van der Waals surface area contributed by atoms with Crippen LogP contribution in [0.15, 0.2) is 29.6 Å². The molecule has 2 aromatic rings. The van der Waals surface area contributed by atoms with E-state index in [2.05, 4.69) is 10.3 Å². The van der Waals surface area contributed by atoms with Crippen molar-refractivity contribution in [3.63, 3.8) is 0 Å². The van der Waals surface area contributed by atoms with E-state index in [0.717, 1.165) is 49.3 Å².